The first-order valence-corrected chi connectivity index (χ1v) is 7.42. The Bertz CT molecular complexity index is 596. The highest BCUT2D eigenvalue weighted by atomic mass is 16.6. The molecular weight excluding hydrogens is 284 g/mol. The molecular formula is C16H21N2O4+. The van der Waals surface area contributed by atoms with Crippen LogP contribution in [0.15, 0.2) is 29.8 Å². The van der Waals surface area contributed by atoms with Crippen LogP contribution in [0.2, 0.25) is 0 Å². The molecule has 0 fully saturated rings. The first-order valence-electron chi connectivity index (χ1n) is 7.42. The zero-order chi connectivity index (χ0) is 15.9. The summed E-state index contributed by atoms with van der Waals surface area (Å²) >= 11 is 0. The van der Waals surface area contributed by atoms with Gasteiger partial charge in [-0.2, -0.15) is 0 Å². The highest BCUT2D eigenvalue weighted by Crippen LogP contribution is 2.27. The number of allylic oxidation sites excluding steroid dienone is 1. The summed E-state index contributed by atoms with van der Waals surface area (Å²) in [5.41, 5.74) is 1.61. The Morgan fingerprint density at radius 2 is 2.23 bits per heavy atom. The number of nitrogens with zero attached hydrogens (tertiary/aromatic N) is 1. The molecule has 2 N–H and O–H groups in total. The zero-order valence-corrected chi connectivity index (χ0v) is 12.7. The highest BCUT2D eigenvalue weighted by molar-refractivity contribution is 5.95. The second-order valence-electron chi connectivity index (χ2n) is 5.27. The van der Waals surface area contributed by atoms with Gasteiger partial charge in [0.1, 0.15) is 0 Å². The van der Waals surface area contributed by atoms with Gasteiger partial charge in [0.2, 0.25) is 5.75 Å². The van der Waals surface area contributed by atoms with E-state index >= 15 is 0 Å². The summed E-state index contributed by atoms with van der Waals surface area (Å²) in [6, 6.07) is 4.34. The van der Waals surface area contributed by atoms with Crippen molar-refractivity contribution in [3.63, 3.8) is 0 Å². The third kappa shape index (κ3) is 4.07. The molecule has 118 valence electrons. The third-order valence-electron chi connectivity index (χ3n) is 3.76. The van der Waals surface area contributed by atoms with Gasteiger partial charge in [0.15, 0.2) is 0 Å². The van der Waals surface area contributed by atoms with E-state index in [2.05, 4.69) is 11.4 Å². The molecule has 1 aromatic rings. The van der Waals surface area contributed by atoms with Crippen LogP contribution in [0.5, 0.6) is 5.75 Å². The summed E-state index contributed by atoms with van der Waals surface area (Å²) in [6.07, 6.45) is 7.80. The van der Waals surface area contributed by atoms with Crippen LogP contribution in [0.4, 0.5) is 5.69 Å². The molecule has 6 heteroatoms. The summed E-state index contributed by atoms with van der Waals surface area (Å²) < 4.78 is 4.96. The molecule has 1 amide bonds. The van der Waals surface area contributed by atoms with Gasteiger partial charge in [-0.15, -0.1) is 0 Å². The van der Waals surface area contributed by atoms with Gasteiger partial charge in [0.25, 0.3) is 10.8 Å². The van der Waals surface area contributed by atoms with Crippen molar-refractivity contribution in [3.05, 3.63) is 40.3 Å². The van der Waals surface area contributed by atoms with Crippen LogP contribution < -0.4 is 10.1 Å². The van der Waals surface area contributed by atoms with Crippen molar-refractivity contribution in [2.24, 2.45) is 0 Å². The lowest BCUT2D eigenvalue weighted by Crippen LogP contribution is -2.25. The number of methoxy groups -OCH3 is 1. The Balaban J connectivity index is 1.96. The summed E-state index contributed by atoms with van der Waals surface area (Å²) in [4.78, 5) is 22.9. The summed E-state index contributed by atoms with van der Waals surface area (Å²) in [7, 11) is 1.39. The van der Waals surface area contributed by atoms with Crippen LogP contribution in [0.3, 0.4) is 0 Å². The molecule has 1 aliphatic carbocycles. The number of benzene rings is 1. The minimum absolute atomic E-state index is 0.0925. The van der Waals surface area contributed by atoms with E-state index in [1.165, 1.54) is 37.7 Å². The van der Waals surface area contributed by atoms with Gasteiger partial charge < -0.3 is 10.1 Å². The van der Waals surface area contributed by atoms with E-state index in [0.717, 1.165) is 19.3 Å². The minimum atomic E-state index is -0.303. The normalized spacial score (nSPS) is 14.1. The number of hydrogen-bond donors (Lipinski definition) is 2. The second-order valence-corrected chi connectivity index (χ2v) is 5.27. The Hall–Kier alpha value is -2.37. The highest BCUT2D eigenvalue weighted by Gasteiger charge is 2.22. The smallest absolute Gasteiger partial charge is 0.358 e. The SMILES string of the molecule is COc1ccc(C(=O)NCCC2=CCCCC2)cc1[N+](=O)O. The van der Waals surface area contributed by atoms with E-state index in [-0.39, 0.29) is 22.3 Å². The van der Waals surface area contributed by atoms with E-state index in [9.17, 15) is 9.70 Å². The number of amides is 1. The Kier molecular flexibility index (Phi) is 5.52. The van der Waals surface area contributed by atoms with Gasteiger partial charge in [-0.05, 0) is 44.2 Å². The molecule has 22 heavy (non-hydrogen) atoms. The van der Waals surface area contributed by atoms with Crippen molar-refractivity contribution in [2.45, 2.75) is 32.1 Å². The average Bonchev–Trinajstić information content (AvgIpc) is 2.55. The molecule has 0 radical (unpaired) electrons. The number of nitrogens with one attached hydrogen (secondary N) is 1. The number of ether oxygens (including phenoxy) is 1. The Morgan fingerprint density at radius 1 is 1.41 bits per heavy atom. The molecule has 0 aliphatic heterocycles. The maximum absolute atomic E-state index is 12.1. The Labute approximate surface area is 129 Å². The average molecular weight is 305 g/mol. The standard InChI is InChI=1S/C16H20N2O4/c1-22-15-8-7-13(11-14(15)18(20)21)16(19)17-10-9-12-5-3-2-4-6-12/h5,7-8,11H,2-4,6,9-10H2,1H3,(H-,17,19,20,21)/p+1. The van der Waals surface area contributed by atoms with E-state index in [0.29, 0.717) is 12.1 Å². The molecule has 0 saturated heterocycles. The van der Waals surface area contributed by atoms with Crippen LogP contribution in [0, 0.1) is 4.91 Å². The van der Waals surface area contributed by atoms with Gasteiger partial charge in [-0.3, -0.25) is 4.79 Å². The third-order valence-corrected chi connectivity index (χ3v) is 3.76. The molecule has 0 spiro atoms. The molecule has 0 aromatic heterocycles. The van der Waals surface area contributed by atoms with Crippen molar-refractivity contribution >= 4 is 11.6 Å². The molecule has 1 aromatic carbocycles. The van der Waals surface area contributed by atoms with Crippen molar-refractivity contribution in [1.82, 2.24) is 5.32 Å². The van der Waals surface area contributed by atoms with Crippen molar-refractivity contribution in [1.29, 1.82) is 0 Å². The van der Waals surface area contributed by atoms with E-state index < -0.39 is 0 Å². The number of hydrogen-bond acceptors (Lipinski definition) is 3. The quantitative estimate of drug-likeness (QED) is 0.625. The predicted octanol–water partition coefficient (Wildman–Crippen LogP) is 3.12. The first kappa shape index (κ1) is 16.0. The number of carbonyl (C=O) groups is 1. The largest absolute Gasteiger partial charge is 0.490 e. The lowest BCUT2D eigenvalue weighted by molar-refractivity contribution is -0.730. The van der Waals surface area contributed by atoms with Gasteiger partial charge in [-0.1, -0.05) is 11.6 Å². The fourth-order valence-corrected chi connectivity index (χ4v) is 2.55. The van der Waals surface area contributed by atoms with Gasteiger partial charge >= 0.3 is 5.69 Å². The van der Waals surface area contributed by atoms with E-state index in [4.69, 9.17) is 9.94 Å². The number of rotatable bonds is 6. The van der Waals surface area contributed by atoms with Gasteiger partial charge in [0.05, 0.1) is 12.0 Å². The number of carbonyl (C=O) groups excluding carboxylic acids is 1. The molecule has 0 saturated carbocycles. The maximum atomic E-state index is 12.1. The second kappa shape index (κ2) is 7.59. The minimum Gasteiger partial charge on any atom is -0.490 e. The van der Waals surface area contributed by atoms with Gasteiger partial charge in [0, 0.05) is 18.2 Å². The lowest BCUT2D eigenvalue weighted by Gasteiger charge is -2.13. The van der Waals surface area contributed by atoms with E-state index in [1.807, 2.05) is 0 Å². The topological polar surface area (TPSA) is 78.6 Å². The summed E-state index contributed by atoms with van der Waals surface area (Å²) in [6.45, 7) is 0.562. The van der Waals surface area contributed by atoms with Crippen molar-refractivity contribution in [2.75, 3.05) is 13.7 Å². The molecule has 0 bridgehead atoms. The van der Waals surface area contributed by atoms with Crippen LogP contribution in [0.25, 0.3) is 0 Å². The monoisotopic (exact) mass is 305 g/mol. The summed E-state index contributed by atoms with van der Waals surface area (Å²) in [5.74, 6) is -0.0661. The molecule has 6 nitrogen and oxygen atoms in total. The zero-order valence-electron chi connectivity index (χ0n) is 12.7. The summed E-state index contributed by atoms with van der Waals surface area (Å²) in [5, 5.41) is 11.9. The fraction of sp³-hybridized carbons (Fsp3) is 0.438. The molecule has 1 aliphatic rings. The Morgan fingerprint density at radius 3 is 2.86 bits per heavy atom. The predicted molar refractivity (Wildman–Crippen MR) is 81.6 cm³/mol. The maximum Gasteiger partial charge on any atom is 0.358 e. The van der Waals surface area contributed by atoms with Crippen LogP contribution in [-0.4, -0.2) is 29.7 Å². The lowest BCUT2D eigenvalue weighted by atomic mass is 9.97. The van der Waals surface area contributed by atoms with Crippen molar-refractivity contribution < 1.29 is 19.7 Å². The van der Waals surface area contributed by atoms with Crippen molar-refractivity contribution in [3.8, 4) is 5.75 Å². The van der Waals surface area contributed by atoms with E-state index in [1.54, 1.807) is 6.07 Å². The van der Waals surface area contributed by atoms with Gasteiger partial charge in [-0.25, -0.2) is 5.21 Å². The fourth-order valence-electron chi connectivity index (χ4n) is 2.55. The molecule has 0 heterocycles. The van der Waals surface area contributed by atoms with Crippen LogP contribution in [-0.2, 0) is 0 Å². The molecule has 0 atom stereocenters. The molecule has 2 rings (SSSR count). The van der Waals surface area contributed by atoms with Crippen LogP contribution in [0.1, 0.15) is 42.5 Å². The van der Waals surface area contributed by atoms with Crippen LogP contribution >= 0.6 is 0 Å². The molecule has 0 unspecified atom stereocenters. The first-order chi connectivity index (χ1) is 10.6.